The minimum absolute atomic E-state index is 0.772. The van der Waals surface area contributed by atoms with Crippen LogP contribution in [-0.4, -0.2) is 6.54 Å². The van der Waals surface area contributed by atoms with Gasteiger partial charge in [-0.2, -0.15) is 0 Å². The molecule has 0 aromatic heterocycles. The van der Waals surface area contributed by atoms with Crippen LogP contribution in [0, 0.1) is 11.8 Å². The van der Waals surface area contributed by atoms with Crippen LogP contribution in [0.4, 0.5) is 0 Å². The standard InChI is InChI=1S/C10H23N/c1-4-10(8-11)7-5-6-9(2)3/h9-10H,4-8,11H2,1-3H3. The van der Waals surface area contributed by atoms with Crippen molar-refractivity contribution in [3.05, 3.63) is 0 Å². The topological polar surface area (TPSA) is 26.0 Å². The average molecular weight is 157 g/mol. The lowest BCUT2D eigenvalue weighted by Crippen LogP contribution is -2.13. The second-order valence-corrected chi connectivity index (χ2v) is 3.83. The fraction of sp³-hybridized carbons (Fsp3) is 1.00. The number of hydrogen-bond donors (Lipinski definition) is 1. The maximum atomic E-state index is 5.60. The van der Waals surface area contributed by atoms with Crippen LogP contribution in [0.1, 0.15) is 46.5 Å². The van der Waals surface area contributed by atoms with Crippen LogP contribution in [0.2, 0.25) is 0 Å². The molecule has 1 heteroatoms. The fourth-order valence-electron chi connectivity index (χ4n) is 1.30. The summed E-state index contributed by atoms with van der Waals surface area (Å²) in [5, 5.41) is 0. The van der Waals surface area contributed by atoms with Crippen molar-refractivity contribution in [2.45, 2.75) is 46.5 Å². The highest BCUT2D eigenvalue weighted by atomic mass is 14.5. The Morgan fingerprint density at radius 2 is 1.82 bits per heavy atom. The van der Waals surface area contributed by atoms with Crippen LogP contribution in [0.15, 0.2) is 0 Å². The first kappa shape index (κ1) is 11.0. The van der Waals surface area contributed by atoms with Gasteiger partial charge in [-0.25, -0.2) is 0 Å². The molecule has 11 heavy (non-hydrogen) atoms. The average Bonchev–Trinajstić information content (AvgIpc) is 1.98. The van der Waals surface area contributed by atoms with Gasteiger partial charge in [0.1, 0.15) is 0 Å². The van der Waals surface area contributed by atoms with Crippen LogP contribution in [0.5, 0.6) is 0 Å². The van der Waals surface area contributed by atoms with Gasteiger partial charge in [-0.05, 0) is 24.8 Å². The summed E-state index contributed by atoms with van der Waals surface area (Å²) in [4.78, 5) is 0. The van der Waals surface area contributed by atoms with E-state index in [1.54, 1.807) is 0 Å². The SMILES string of the molecule is CCC(CN)CCCC(C)C. The van der Waals surface area contributed by atoms with E-state index in [1.807, 2.05) is 0 Å². The van der Waals surface area contributed by atoms with Gasteiger partial charge in [-0.15, -0.1) is 0 Å². The Labute approximate surface area is 71.4 Å². The van der Waals surface area contributed by atoms with Crippen molar-refractivity contribution in [2.24, 2.45) is 17.6 Å². The number of hydrogen-bond acceptors (Lipinski definition) is 1. The van der Waals surface area contributed by atoms with Gasteiger partial charge in [0, 0.05) is 0 Å². The highest BCUT2D eigenvalue weighted by molar-refractivity contribution is 4.58. The lowest BCUT2D eigenvalue weighted by molar-refractivity contribution is 0.429. The lowest BCUT2D eigenvalue weighted by Gasteiger charge is -2.12. The molecular weight excluding hydrogens is 134 g/mol. The molecule has 2 N–H and O–H groups in total. The minimum atomic E-state index is 0.772. The summed E-state index contributed by atoms with van der Waals surface area (Å²) in [6.45, 7) is 7.66. The molecule has 1 nitrogen and oxygen atoms in total. The Hall–Kier alpha value is -0.0400. The molecule has 0 bridgehead atoms. The van der Waals surface area contributed by atoms with Gasteiger partial charge in [-0.3, -0.25) is 0 Å². The molecule has 0 aliphatic rings. The van der Waals surface area contributed by atoms with Crippen molar-refractivity contribution in [2.75, 3.05) is 6.54 Å². The van der Waals surface area contributed by atoms with Crippen LogP contribution in [0.3, 0.4) is 0 Å². The summed E-state index contributed by atoms with van der Waals surface area (Å²) in [6.07, 6.45) is 5.28. The maximum absolute atomic E-state index is 5.60. The van der Waals surface area contributed by atoms with Crippen molar-refractivity contribution >= 4 is 0 Å². The summed E-state index contributed by atoms with van der Waals surface area (Å²) >= 11 is 0. The van der Waals surface area contributed by atoms with Gasteiger partial charge >= 0.3 is 0 Å². The molecule has 0 saturated heterocycles. The van der Waals surface area contributed by atoms with E-state index in [2.05, 4.69) is 20.8 Å². The van der Waals surface area contributed by atoms with Gasteiger partial charge in [0.15, 0.2) is 0 Å². The molecular formula is C10H23N. The first-order chi connectivity index (χ1) is 5.20. The Morgan fingerprint density at radius 3 is 2.18 bits per heavy atom. The van der Waals surface area contributed by atoms with E-state index in [9.17, 15) is 0 Å². The first-order valence-corrected chi connectivity index (χ1v) is 4.90. The molecule has 0 heterocycles. The van der Waals surface area contributed by atoms with Crippen molar-refractivity contribution in [1.82, 2.24) is 0 Å². The van der Waals surface area contributed by atoms with Gasteiger partial charge in [-0.1, -0.05) is 40.0 Å². The molecule has 0 aromatic rings. The summed E-state index contributed by atoms with van der Waals surface area (Å²) in [5.74, 6) is 1.62. The highest BCUT2D eigenvalue weighted by Gasteiger charge is 2.03. The molecule has 0 radical (unpaired) electrons. The molecule has 0 rings (SSSR count). The van der Waals surface area contributed by atoms with E-state index in [0.29, 0.717) is 0 Å². The van der Waals surface area contributed by atoms with Gasteiger partial charge in [0.05, 0.1) is 0 Å². The van der Waals surface area contributed by atoms with Crippen LogP contribution < -0.4 is 5.73 Å². The quantitative estimate of drug-likeness (QED) is 0.630. The maximum Gasteiger partial charge on any atom is -0.00490 e. The normalized spacial score (nSPS) is 13.9. The van der Waals surface area contributed by atoms with E-state index >= 15 is 0 Å². The van der Waals surface area contributed by atoms with Crippen LogP contribution in [0.25, 0.3) is 0 Å². The van der Waals surface area contributed by atoms with Crippen LogP contribution >= 0.6 is 0 Å². The van der Waals surface area contributed by atoms with Gasteiger partial charge in [0.2, 0.25) is 0 Å². The van der Waals surface area contributed by atoms with Crippen molar-refractivity contribution in [3.8, 4) is 0 Å². The number of nitrogens with two attached hydrogens (primary N) is 1. The second kappa shape index (κ2) is 6.66. The predicted octanol–water partition coefficient (Wildman–Crippen LogP) is 2.80. The largest absolute Gasteiger partial charge is 0.330 e. The van der Waals surface area contributed by atoms with E-state index in [-0.39, 0.29) is 0 Å². The molecule has 1 atom stereocenters. The summed E-state index contributed by atoms with van der Waals surface area (Å²) in [7, 11) is 0. The smallest absolute Gasteiger partial charge is 0.00490 e. The Balaban J connectivity index is 3.21. The van der Waals surface area contributed by atoms with Crippen molar-refractivity contribution < 1.29 is 0 Å². The molecule has 0 aliphatic carbocycles. The number of rotatable bonds is 6. The molecule has 0 amide bonds. The zero-order chi connectivity index (χ0) is 8.69. The molecule has 1 unspecified atom stereocenters. The third-order valence-electron chi connectivity index (χ3n) is 2.30. The summed E-state index contributed by atoms with van der Waals surface area (Å²) in [5.41, 5.74) is 5.60. The first-order valence-electron chi connectivity index (χ1n) is 4.90. The summed E-state index contributed by atoms with van der Waals surface area (Å²) < 4.78 is 0. The van der Waals surface area contributed by atoms with Gasteiger partial charge < -0.3 is 5.73 Å². The van der Waals surface area contributed by atoms with Crippen molar-refractivity contribution in [3.63, 3.8) is 0 Å². The third-order valence-corrected chi connectivity index (χ3v) is 2.30. The second-order valence-electron chi connectivity index (χ2n) is 3.83. The van der Waals surface area contributed by atoms with E-state index in [1.165, 1.54) is 25.7 Å². The Bertz CT molecular complexity index is 74.9. The summed E-state index contributed by atoms with van der Waals surface area (Å²) in [6, 6.07) is 0. The van der Waals surface area contributed by atoms with E-state index < -0.39 is 0 Å². The molecule has 0 aromatic carbocycles. The predicted molar refractivity (Wildman–Crippen MR) is 51.5 cm³/mol. The monoisotopic (exact) mass is 157 g/mol. The minimum Gasteiger partial charge on any atom is -0.330 e. The molecule has 0 spiro atoms. The third kappa shape index (κ3) is 6.36. The van der Waals surface area contributed by atoms with Gasteiger partial charge in [0.25, 0.3) is 0 Å². The lowest BCUT2D eigenvalue weighted by atomic mass is 9.96. The zero-order valence-corrected chi connectivity index (χ0v) is 8.27. The van der Waals surface area contributed by atoms with Crippen molar-refractivity contribution in [1.29, 1.82) is 0 Å². The van der Waals surface area contributed by atoms with E-state index in [4.69, 9.17) is 5.73 Å². The molecule has 0 saturated carbocycles. The zero-order valence-electron chi connectivity index (χ0n) is 8.27. The van der Waals surface area contributed by atoms with E-state index in [0.717, 1.165) is 18.4 Å². The highest BCUT2D eigenvalue weighted by Crippen LogP contribution is 2.13. The molecule has 68 valence electrons. The molecule has 0 fully saturated rings. The fourth-order valence-corrected chi connectivity index (χ4v) is 1.30. The Morgan fingerprint density at radius 1 is 1.18 bits per heavy atom. The molecule has 0 aliphatic heterocycles. The Kier molecular flexibility index (Phi) is 6.63. The van der Waals surface area contributed by atoms with Crippen LogP contribution in [-0.2, 0) is 0 Å².